The molecule has 0 spiro atoms. The van der Waals surface area contributed by atoms with E-state index in [2.05, 4.69) is 4.98 Å². The van der Waals surface area contributed by atoms with Crippen LogP contribution in [0.4, 0.5) is 36.4 Å². The van der Waals surface area contributed by atoms with Gasteiger partial charge in [-0.3, -0.25) is 10.3 Å². The average molecular weight is 459 g/mol. The number of nitrogens with two attached hydrogens (primary N) is 1. The van der Waals surface area contributed by atoms with Crippen LogP contribution in [0, 0.1) is 11.6 Å². The van der Waals surface area contributed by atoms with E-state index in [1.807, 2.05) is 0 Å². The number of alkyl halides is 5. The Bertz CT molecular complexity index is 1090. The van der Waals surface area contributed by atoms with Crippen LogP contribution < -0.4 is 11.1 Å². The standard InChI is InChI=1S/C21H16F7N3O/c22-14-4-7-16(17(23)9-14)19(32,11-29)20(24,25)18-8-3-13(10-30-18)12-1-5-15(6-2-12)31-21(26,27)28/h1-10,31-32H,11,29H2. The molecular formula is C21H16F7N3O. The topological polar surface area (TPSA) is 71.2 Å². The van der Waals surface area contributed by atoms with Gasteiger partial charge in [0.25, 0.3) is 0 Å². The number of pyridine rings is 1. The molecule has 1 unspecified atom stereocenters. The second-order valence-corrected chi connectivity index (χ2v) is 6.90. The van der Waals surface area contributed by atoms with Crippen LogP contribution in [-0.2, 0) is 11.5 Å². The fraction of sp³-hybridized carbons (Fsp3) is 0.190. The summed E-state index contributed by atoms with van der Waals surface area (Å²) in [5.74, 6) is -6.59. The number of hydrogen-bond acceptors (Lipinski definition) is 4. The molecule has 1 aromatic heterocycles. The summed E-state index contributed by atoms with van der Waals surface area (Å²) in [6, 6.07) is 8.77. The van der Waals surface area contributed by atoms with Gasteiger partial charge in [-0.2, -0.15) is 22.0 Å². The van der Waals surface area contributed by atoms with Crippen molar-refractivity contribution < 1.29 is 35.8 Å². The first-order valence-electron chi connectivity index (χ1n) is 9.05. The van der Waals surface area contributed by atoms with Crippen LogP contribution in [0.1, 0.15) is 11.3 Å². The molecule has 0 saturated heterocycles. The molecule has 32 heavy (non-hydrogen) atoms. The number of rotatable bonds is 6. The quantitative estimate of drug-likeness (QED) is 0.363. The van der Waals surface area contributed by atoms with Crippen molar-refractivity contribution in [3.8, 4) is 11.1 Å². The Morgan fingerprint density at radius 2 is 1.50 bits per heavy atom. The molecule has 0 saturated carbocycles. The minimum Gasteiger partial charge on any atom is -0.377 e. The van der Waals surface area contributed by atoms with Crippen LogP contribution >= 0.6 is 0 Å². The lowest BCUT2D eigenvalue weighted by molar-refractivity contribution is -0.193. The van der Waals surface area contributed by atoms with Gasteiger partial charge in [-0.05, 0) is 29.8 Å². The maximum Gasteiger partial charge on any atom is 0.482 e. The van der Waals surface area contributed by atoms with E-state index in [1.165, 1.54) is 23.5 Å². The van der Waals surface area contributed by atoms with E-state index in [0.717, 1.165) is 24.4 Å². The molecule has 0 bridgehead atoms. The molecule has 1 atom stereocenters. The number of halogens is 7. The summed E-state index contributed by atoms with van der Waals surface area (Å²) in [4.78, 5) is 3.64. The molecule has 4 nitrogen and oxygen atoms in total. The van der Waals surface area contributed by atoms with E-state index in [9.17, 15) is 27.1 Å². The molecule has 0 aliphatic carbocycles. The summed E-state index contributed by atoms with van der Waals surface area (Å²) in [6.45, 7) is -1.10. The molecule has 11 heteroatoms. The first kappa shape index (κ1) is 23.5. The zero-order chi connectivity index (χ0) is 23.7. The number of aliphatic hydroxyl groups is 1. The molecule has 0 aliphatic rings. The maximum absolute atomic E-state index is 15.1. The van der Waals surface area contributed by atoms with Gasteiger partial charge >= 0.3 is 12.2 Å². The third kappa shape index (κ3) is 4.53. The van der Waals surface area contributed by atoms with E-state index in [1.54, 1.807) is 0 Å². The third-order valence-electron chi connectivity index (χ3n) is 4.78. The van der Waals surface area contributed by atoms with Crippen LogP contribution in [0.3, 0.4) is 0 Å². The van der Waals surface area contributed by atoms with E-state index in [-0.39, 0.29) is 5.69 Å². The lowest BCUT2D eigenvalue weighted by Gasteiger charge is -2.35. The average Bonchev–Trinajstić information content (AvgIpc) is 2.72. The zero-order valence-electron chi connectivity index (χ0n) is 16.1. The summed E-state index contributed by atoms with van der Waals surface area (Å²) >= 11 is 0. The second-order valence-electron chi connectivity index (χ2n) is 6.90. The van der Waals surface area contributed by atoms with Crippen molar-refractivity contribution in [2.45, 2.75) is 17.8 Å². The highest BCUT2D eigenvalue weighted by Gasteiger charge is 2.56. The van der Waals surface area contributed by atoms with Crippen molar-refractivity contribution in [2.75, 3.05) is 11.9 Å². The molecule has 0 fully saturated rings. The van der Waals surface area contributed by atoms with Gasteiger partial charge in [-0.25, -0.2) is 8.78 Å². The summed E-state index contributed by atoms with van der Waals surface area (Å²) < 4.78 is 94.6. The van der Waals surface area contributed by atoms with Gasteiger partial charge in [0.2, 0.25) is 0 Å². The summed E-state index contributed by atoms with van der Waals surface area (Å²) in [5.41, 5.74) is 0.761. The van der Waals surface area contributed by atoms with Crippen LogP contribution in [-0.4, -0.2) is 22.9 Å². The van der Waals surface area contributed by atoms with Crippen LogP contribution in [0.2, 0.25) is 0 Å². The van der Waals surface area contributed by atoms with Gasteiger partial charge in [-0.15, -0.1) is 0 Å². The first-order valence-corrected chi connectivity index (χ1v) is 9.05. The normalized spacial score (nSPS) is 14.2. The minimum absolute atomic E-state index is 0.216. The molecule has 3 rings (SSSR count). The Balaban J connectivity index is 1.91. The smallest absolute Gasteiger partial charge is 0.377 e. The Kier molecular flexibility index (Phi) is 6.16. The fourth-order valence-corrected chi connectivity index (χ4v) is 3.10. The molecule has 0 radical (unpaired) electrons. The molecular weight excluding hydrogens is 443 g/mol. The summed E-state index contributed by atoms with van der Waals surface area (Å²) in [7, 11) is 0. The van der Waals surface area contributed by atoms with E-state index in [4.69, 9.17) is 5.73 Å². The van der Waals surface area contributed by atoms with Crippen LogP contribution in [0.25, 0.3) is 11.1 Å². The molecule has 0 aliphatic heterocycles. The molecule has 1 heterocycles. The fourth-order valence-electron chi connectivity index (χ4n) is 3.10. The van der Waals surface area contributed by atoms with Crippen molar-refractivity contribution >= 4 is 5.69 Å². The van der Waals surface area contributed by atoms with E-state index >= 15 is 8.78 Å². The van der Waals surface area contributed by atoms with E-state index in [0.29, 0.717) is 29.3 Å². The predicted octanol–water partition coefficient (Wildman–Crippen LogP) is 4.90. The van der Waals surface area contributed by atoms with Crippen molar-refractivity contribution in [3.05, 3.63) is 83.7 Å². The van der Waals surface area contributed by atoms with Gasteiger partial charge in [-0.1, -0.05) is 24.3 Å². The highest BCUT2D eigenvalue weighted by Crippen LogP contribution is 2.45. The molecule has 4 N–H and O–H groups in total. The SMILES string of the molecule is NCC(O)(c1ccc(F)cc1F)C(F)(F)c1ccc(-c2ccc(NC(F)(F)F)cc2)cn1. The van der Waals surface area contributed by atoms with Gasteiger partial charge in [0.05, 0.1) is 0 Å². The summed E-state index contributed by atoms with van der Waals surface area (Å²) in [6.07, 6.45) is -3.59. The van der Waals surface area contributed by atoms with Crippen molar-refractivity contribution in [2.24, 2.45) is 5.73 Å². The Labute approximate surface area is 177 Å². The number of nitrogens with one attached hydrogen (secondary N) is 1. The Morgan fingerprint density at radius 3 is 2.00 bits per heavy atom. The van der Waals surface area contributed by atoms with Gasteiger partial charge < -0.3 is 10.8 Å². The number of hydrogen-bond donors (Lipinski definition) is 3. The molecule has 3 aromatic rings. The highest BCUT2D eigenvalue weighted by molar-refractivity contribution is 5.65. The lowest BCUT2D eigenvalue weighted by Crippen LogP contribution is -2.50. The largest absolute Gasteiger partial charge is 0.482 e. The maximum atomic E-state index is 15.1. The van der Waals surface area contributed by atoms with Crippen molar-refractivity contribution in [1.29, 1.82) is 0 Å². The van der Waals surface area contributed by atoms with Gasteiger partial charge in [0, 0.05) is 35.6 Å². The molecule has 170 valence electrons. The number of benzene rings is 2. The number of aromatic nitrogens is 1. The number of anilines is 1. The Hall–Kier alpha value is -3.18. The van der Waals surface area contributed by atoms with Crippen LogP contribution in [0.5, 0.6) is 0 Å². The van der Waals surface area contributed by atoms with E-state index < -0.39 is 47.3 Å². The van der Waals surface area contributed by atoms with Gasteiger partial charge in [0.1, 0.15) is 17.3 Å². The minimum atomic E-state index is -4.61. The lowest BCUT2D eigenvalue weighted by atomic mass is 9.84. The van der Waals surface area contributed by atoms with Crippen molar-refractivity contribution in [3.63, 3.8) is 0 Å². The molecule has 2 aromatic carbocycles. The Morgan fingerprint density at radius 1 is 0.875 bits per heavy atom. The summed E-state index contributed by atoms with van der Waals surface area (Å²) in [5, 5.41) is 11.9. The highest BCUT2D eigenvalue weighted by atomic mass is 19.4. The third-order valence-corrected chi connectivity index (χ3v) is 4.78. The van der Waals surface area contributed by atoms with Crippen LogP contribution in [0.15, 0.2) is 60.8 Å². The first-order chi connectivity index (χ1) is 14.9. The monoisotopic (exact) mass is 459 g/mol. The zero-order valence-corrected chi connectivity index (χ0v) is 16.1. The second kappa shape index (κ2) is 8.40. The predicted molar refractivity (Wildman–Crippen MR) is 103 cm³/mol. The van der Waals surface area contributed by atoms with Gasteiger partial charge in [0.15, 0.2) is 5.60 Å². The number of nitrogens with zero attached hydrogens (tertiary/aromatic N) is 1. The van der Waals surface area contributed by atoms with Crippen molar-refractivity contribution in [1.82, 2.24) is 4.98 Å². The molecule has 0 amide bonds.